The van der Waals surface area contributed by atoms with Crippen LogP contribution in [0.4, 0.5) is 0 Å². The van der Waals surface area contributed by atoms with Gasteiger partial charge in [0.2, 0.25) is 11.8 Å². The van der Waals surface area contributed by atoms with Gasteiger partial charge in [0, 0.05) is 18.7 Å². The second-order valence-corrected chi connectivity index (χ2v) is 10.9. The molecule has 0 bridgehead atoms. The summed E-state index contributed by atoms with van der Waals surface area (Å²) >= 11 is 0. The highest BCUT2D eigenvalue weighted by molar-refractivity contribution is 5.91. The van der Waals surface area contributed by atoms with Crippen LogP contribution >= 0.6 is 0 Å². The van der Waals surface area contributed by atoms with E-state index in [9.17, 15) is 14.4 Å². The normalized spacial score (nSPS) is 19.9. The lowest BCUT2D eigenvalue weighted by atomic mass is 9.84. The Morgan fingerprint density at radius 1 is 1.15 bits per heavy atom. The summed E-state index contributed by atoms with van der Waals surface area (Å²) in [5.41, 5.74) is 0.000989. The maximum atomic E-state index is 13.7. The van der Waals surface area contributed by atoms with Crippen LogP contribution < -0.4 is 5.32 Å². The zero-order valence-electron chi connectivity index (χ0n) is 22.5. The van der Waals surface area contributed by atoms with Crippen molar-refractivity contribution in [3.05, 3.63) is 11.6 Å². The van der Waals surface area contributed by atoms with Crippen molar-refractivity contribution < 1.29 is 19.1 Å². The fourth-order valence-electron chi connectivity index (χ4n) is 4.41. The van der Waals surface area contributed by atoms with E-state index in [1.54, 1.807) is 31.9 Å². The largest absolute Gasteiger partial charge is 0.463 e. The highest BCUT2D eigenvalue weighted by Gasteiger charge is 2.39. The summed E-state index contributed by atoms with van der Waals surface area (Å²) in [6.07, 6.45) is 4.71. The molecule has 0 aliphatic carbocycles. The van der Waals surface area contributed by atoms with Gasteiger partial charge in [-0.3, -0.25) is 14.5 Å². The number of likely N-dealkylation sites (tertiary alicyclic amines) is 1. The van der Waals surface area contributed by atoms with Crippen LogP contribution in [0.2, 0.25) is 0 Å². The summed E-state index contributed by atoms with van der Waals surface area (Å²) in [7, 11) is 1.74. The lowest BCUT2D eigenvalue weighted by Crippen LogP contribution is -2.60. The first-order valence-electron chi connectivity index (χ1n) is 12.4. The van der Waals surface area contributed by atoms with Crippen molar-refractivity contribution in [3.63, 3.8) is 0 Å². The van der Waals surface area contributed by atoms with E-state index < -0.39 is 11.5 Å². The number of rotatable bonds is 9. The summed E-state index contributed by atoms with van der Waals surface area (Å²) in [6.45, 7) is 18.8. The fraction of sp³-hybridized carbons (Fsp3) is 0.808. The lowest BCUT2D eigenvalue weighted by molar-refractivity contribution is -0.142. The second-order valence-electron chi connectivity index (χ2n) is 10.9. The number of piperidine rings is 1. The van der Waals surface area contributed by atoms with Gasteiger partial charge in [-0.2, -0.15) is 0 Å². The molecular formula is C26H47N3O4. The second kappa shape index (κ2) is 12.5. The number of nitrogens with zero attached hydrogens (tertiary/aromatic N) is 2. The van der Waals surface area contributed by atoms with Gasteiger partial charge in [0.05, 0.1) is 18.7 Å². The zero-order valence-corrected chi connectivity index (χ0v) is 22.5. The minimum Gasteiger partial charge on any atom is -0.463 e. The van der Waals surface area contributed by atoms with Crippen molar-refractivity contribution >= 4 is 17.8 Å². The van der Waals surface area contributed by atoms with Gasteiger partial charge in [0.25, 0.3) is 0 Å². The molecule has 1 fully saturated rings. The third-order valence-electron chi connectivity index (χ3n) is 6.41. The zero-order chi connectivity index (χ0) is 25.5. The Balaban J connectivity index is 3.15. The van der Waals surface area contributed by atoms with Crippen molar-refractivity contribution in [2.24, 2.45) is 11.3 Å². The molecule has 0 saturated carbocycles. The molecule has 0 radical (unpaired) electrons. The van der Waals surface area contributed by atoms with E-state index in [1.807, 2.05) is 34.6 Å². The van der Waals surface area contributed by atoms with Gasteiger partial charge in [-0.05, 0) is 58.4 Å². The third-order valence-corrected chi connectivity index (χ3v) is 6.41. The smallest absolute Gasteiger partial charge is 0.333 e. The first kappa shape index (κ1) is 29.1. The Kier molecular flexibility index (Phi) is 11.1. The molecule has 7 heteroatoms. The number of hydrogen-bond acceptors (Lipinski definition) is 5. The van der Waals surface area contributed by atoms with Gasteiger partial charge in [-0.25, -0.2) is 4.79 Å². The molecule has 3 atom stereocenters. The van der Waals surface area contributed by atoms with Crippen LogP contribution in [0.1, 0.15) is 81.6 Å². The molecule has 7 nitrogen and oxygen atoms in total. The average molecular weight is 466 g/mol. The number of esters is 1. The third kappa shape index (κ3) is 8.13. The molecule has 33 heavy (non-hydrogen) atoms. The number of amides is 2. The van der Waals surface area contributed by atoms with E-state index in [2.05, 4.69) is 24.1 Å². The van der Waals surface area contributed by atoms with Gasteiger partial charge >= 0.3 is 5.97 Å². The average Bonchev–Trinajstić information content (AvgIpc) is 2.73. The van der Waals surface area contributed by atoms with Gasteiger partial charge < -0.3 is 15.0 Å². The van der Waals surface area contributed by atoms with E-state index in [-0.39, 0.29) is 41.8 Å². The standard InChI is InChI=1S/C26H47N3O4/c1-11-33-25(32)19(6)16-21(17(2)3)28(10)24(31)22(26(7,8)9)27-23(30)20-14-12-13-15-29(20)18(4)5/h16-18,20-22H,11-15H2,1-10H3,(H,27,30)/b19-16+/t20-,21-,22+/m1/s1. The maximum absolute atomic E-state index is 13.7. The van der Waals surface area contributed by atoms with Crippen LogP contribution in [0.25, 0.3) is 0 Å². The summed E-state index contributed by atoms with van der Waals surface area (Å²) in [4.78, 5) is 43.1. The molecule has 0 aromatic carbocycles. The molecule has 2 amide bonds. The summed E-state index contributed by atoms with van der Waals surface area (Å²) < 4.78 is 5.10. The Morgan fingerprint density at radius 2 is 1.76 bits per heavy atom. The first-order chi connectivity index (χ1) is 15.2. The fourth-order valence-corrected chi connectivity index (χ4v) is 4.41. The van der Waals surface area contributed by atoms with E-state index >= 15 is 0 Å². The highest BCUT2D eigenvalue weighted by Crippen LogP contribution is 2.26. The molecule has 1 aliphatic heterocycles. The first-order valence-corrected chi connectivity index (χ1v) is 12.4. The van der Waals surface area contributed by atoms with Gasteiger partial charge in [-0.1, -0.05) is 47.1 Å². The molecule has 0 spiro atoms. The van der Waals surface area contributed by atoms with E-state index in [0.29, 0.717) is 12.2 Å². The topological polar surface area (TPSA) is 79.0 Å². The quantitative estimate of drug-likeness (QED) is 0.414. The van der Waals surface area contributed by atoms with Crippen molar-refractivity contribution in [2.45, 2.75) is 106 Å². The Hall–Kier alpha value is -1.89. The molecule has 1 heterocycles. The van der Waals surface area contributed by atoms with Crippen LogP contribution in [0.3, 0.4) is 0 Å². The molecule has 1 aliphatic rings. The predicted octanol–water partition coefficient (Wildman–Crippen LogP) is 3.77. The molecule has 0 unspecified atom stereocenters. The minimum absolute atomic E-state index is 0.0782. The van der Waals surface area contributed by atoms with Crippen molar-refractivity contribution in [2.75, 3.05) is 20.2 Å². The molecule has 1 saturated heterocycles. The summed E-state index contributed by atoms with van der Waals surface area (Å²) in [5.74, 6) is -0.538. The van der Waals surface area contributed by atoms with E-state index in [0.717, 1.165) is 25.8 Å². The van der Waals surface area contributed by atoms with Gasteiger partial charge in [0.1, 0.15) is 6.04 Å². The van der Waals surface area contributed by atoms with E-state index in [1.165, 1.54) is 0 Å². The number of hydrogen-bond donors (Lipinski definition) is 1. The van der Waals surface area contributed by atoms with Crippen LogP contribution in [0.5, 0.6) is 0 Å². The molecule has 1 rings (SSSR count). The number of nitrogens with one attached hydrogen (secondary N) is 1. The van der Waals surface area contributed by atoms with Crippen LogP contribution in [0, 0.1) is 11.3 Å². The molecule has 1 N–H and O–H groups in total. The van der Waals surface area contributed by atoms with Crippen LogP contribution in [0.15, 0.2) is 11.6 Å². The Bertz CT molecular complexity index is 709. The van der Waals surface area contributed by atoms with Gasteiger partial charge in [0.15, 0.2) is 0 Å². The van der Waals surface area contributed by atoms with Crippen molar-refractivity contribution in [1.29, 1.82) is 0 Å². The summed E-state index contributed by atoms with van der Waals surface area (Å²) in [6, 6.07) is -0.920. The molecule has 190 valence electrons. The van der Waals surface area contributed by atoms with Crippen molar-refractivity contribution in [1.82, 2.24) is 15.1 Å². The van der Waals surface area contributed by atoms with Crippen LogP contribution in [-0.2, 0) is 19.1 Å². The number of carbonyl (C=O) groups is 3. The Labute approximate surface area is 201 Å². The molecular weight excluding hydrogens is 418 g/mol. The van der Waals surface area contributed by atoms with Crippen molar-refractivity contribution in [3.8, 4) is 0 Å². The number of likely N-dealkylation sites (N-methyl/N-ethyl adjacent to an activating group) is 1. The predicted molar refractivity (Wildman–Crippen MR) is 133 cm³/mol. The van der Waals surface area contributed by atoms with Crippen LogP contribution in [-0.4, -0.2) is 72.0 Å². The van der Waals surface area contributed by atoms with E-state index in [4.69, 9.17) is 4.74 Å². The highest BCUT2D eigenvalue weighted by atomic mass is 16.5. The monoisotopic (exact) mass is 465 g/mol. The molecule has 0 aromatic rings. The SMILES string of the molecule is CCOC(=O)/C(C)=C/[C@H](C(C)C)N(C)C(=O)[C@H](NC(=O)[C@H]1CCCCN1C(C)C)C(C)(C)C. The molecule has 0 aromatic heterocycles. The lowest BCUT2D eigenvalue weighted by Gasteiger charge is -2.41. The Morgan fingerprint density at radius 3 is 2.24 bits per heavy atom. The van der Waals surface area contributed by atoms with Gasteiger partial charge in [-0.15, -0.1) is 0 Å². The number of carbonyl (C=O) groups excluding carboxylic acids is 3. The maximum Gasteiger partial charge on any atom is 0.333 e. The summed E-state index contributed by atoms with van der Waals surface area (Å²) in [5, 5.41) is 3.10. The minimum atomic E-state index is -0.677. The number of ether oxygens (including phenoxy) is 1.